The molecule has 0 radical (unpaired) electrons. The van der Waals surface area contributed by atoms with Gasteiger partial charge in [0.1, 0.15) is 0 Å². The van der Waals surface area contributed by atoms with E-state index < -0.39 is 5.76 Å². The molecule has 80 valence electrons. The van der Waals surface area contributed by atoms with Crippen molar-refractivity contribution < 1.29 is 9.63 Å². The van der Waals surface area contributed by atoms with Gasteiger partial charge in [-0.05, 0) is 17.9 Å². The lowest BCUT2D eigenvalue weighted by atomic mass is 10.4. The van der Waals surface area contributed by atoms with Crippen molar-refractivity contribution in [2.24, 2.45) is 0 Å². The normalized spacial score (nSPS) is 10.7. The number of aliphatic hydroxyl groups is 1. The average molecular weight is 226 g/mol. The molecule has 0 aliphatic rings. The van der Waals surface area contributed by atoms with Gasteiger partial charge in [-0.1, -0.05) is 11.2 Å². The molecule has 2 rings (SSSR count). The second-order valence-corrected chi connectivity index (χ2v) is 3.93. The van der Waals surface area contributed by atoms with Gasteiger partial charge in [0, 0.05) is 13.2 Å². The number of hydrogen-bond acceptors (Lipinski definition) is 5. The van der Waals surface area contributed by atoms with Crippen LogP contribution >= 0.6 is 11.3 Å². The van der Waals surface area contributed by atoms with Crippen LogP contribution in [0.2, 0.25) is 0 Å². The molecule has 0 bridgehead atoms. The predicted octanol–water partition coefficient (Wildman–Crippen LogP) is 0.947. The summed E-state index contributed by atoms with van der Waals surface area (Å²) < 4.78 is 6.03. The van der Waals surface area contributed by atoms with Gasteiger partial charge < -0.3 is 5.11 Å². The zero-order valence-electron chi connectivity index (χ0n) is 7.92. The summed E-state index contributed by atoms with van der Waals surface area (Å²) in [6.45, 7) is 0.466. The summed E-state index contributed by atoms with van der Waals surface area (Å²) in [4.78, 5) is 12.2. The summed E-state index contributed by atoms with van der Waals surface area (Å²) in [5, 5.41) is 14.3. The molecule has 2 heterocycles. The van der Waals surface area contributed by atoms with Crippen molar-refractivity contribution in [2.75, 3.05) is 6.61 Å². The van der Waals surface area contributed by atoms with Gasteiger partial charge in [0.05, 0.1) is 4.88 Å². The van der Waals surface area contributed by atoms with Crippen molar-refractivity contribution in [1.29, 1.82) is 0 Å². The minimum atomic E-state index is -0.480. The van der Waals surface area contributed by atoms with E-state index in [1.165, 1.54) is 15.9 Å². The van der Waals surface area contributed by atoms with Crippen molar-refractivity contribution in [2.45, 2.75) is 13.0 Å². The molecule has 0 fully saturated rings. The minimum Gasteiger partial charge on any atom is -0.396 e. The lowest BCUT2D eigenvalue weighted by Crippen LogP contribution is -2.16. The number of hydrogen-bond donors (Lipinski definition) is 1. The smallest absolute Gasteiger partial charge is 0.396 e. The third-order valence-electron chi connectivity index (χ3n) is 1.97. The van der Waals surface area contributed by atoms with Crippen LogP contribution in [0.5, 0.6) is 0 Å². The van der Waals surface area contributed by atoms with Crippen LogP contribution < -0.4 is 5.76 Å². The van der Waals surface area contributed by atoms with Crippen LogP contribution in [0.3, 0.4) is 0 Å². The predicted molar refractivity (Wildman–Crippen MR) is 55.8 cm³/mol. The van der Waals surface area contributed by atoms with Crippen LogP contribution in [0.4, 0.5) is 0 Å². The zero-order chi connectivity index (χ0) is 10.7. The first-order valence-electron chi connectivity index (χ1n) is 4.54. The molecule has 0 unspecified atom stereocenters. The molecule has 5 nitrogen and oxygen atoms in total. The highest BCUT2D eigenvalue weighted by atomic mass is 32.1. The molecule has 0 aliphatic carbocycles. The van der Waals surface area contributed by atoms with E-state index in [9.17, 15) is 4.79 Å². The first-order chi connectivity index (χ1) is 7.33. The van der Waals surface area contributed by atoms with E-state index in [0.29, 0.717) is 18.8 Å². The highest BCUT2D eigenvalue weighted by Gasteiger charge is 2.12. The third kappa shape index (κ3) is 2.00. The van der Waals surface area contributed by atoms with Gasteiger partial charge in [-0.25, -0.2) is 4.79 Å². The lowest BCUT2D eigenvalue weighted by molar-refractivity contribution is 0.277. The van der Waals surface area contributed by atoms with E-state index in [0.717, 1.165) is 4.88 Å². The summed E-state index contributed by atoms with van der Waals surface area (Å²) in [5.41, 5.74) is 0. The van der Waals surface area contributed by atoms with Gasteiger partial charge in [0.25, 0.3) is 0 Å². The molecule has 0 atom stereocenters. The Labute approximate surface area is 89.6 Å². The van der Waals surface area contributed by atoms with Crippen molar-refractivity contribution in [1.82, 2.24) is 9.72 Å². The van der Waals surface area contributed by atoms with Gasteiger partial charge in [0.2, 0.25) is 0 Å². The fraction of sp³-hybridized carbons (Fsp3) is 0.333. The molecular formula is C9H10N2O3S. The van der Waals surface area contributed by atoms with E-state index in [1.54, 1.807) is 0 Å². The Balaban J connectivity index is 2.36. The standard InChI is InChI=1S/C9H10N2O3S/c12-5-2-4-11-8(10-14-9(11)13)7-3-1-6-15-7/h1,3,6,12H,2,4-5H2. The Bertz CT molecular complexity index is 472. The van der Waals surface area contributed by atoms with E-state index in [-0.39, 0.29) is 6.61 Å². The first kappa shape index (κ1) is 10.1. The van der Waals surface area contributed by atoms with Crippen LogP contribution in [0.15, 0.2) is 26.8 Å². The van der Waals surface area contributed by atoms with Crippen molar-refractivity contribution in [3.63, 3.8) is 0 Å². The monoisotopic (exact) mass is 226 g/mol. The second-order valence-electron chi connectivity index (χ2n) is 2.98. The average Bonchev–Trinajstić information content (AvgIpc) is 2.84. The first-order valence-corrected chi connectivity index (χ1v) is 5.42. The Hall–Kier alpha value is -1.40. The summed E-state index contributed by atoms with van der Waals surface area (Å²) in [6.07, 6.45) is 0.513. The third-order valence-corrected chi connectivity index (χ3v) is 2.83. The molecular weight excluding hydrogens is 216 g/mol. The molecule has 2 aromatic heterocycles. The lowest BCUT2D eigenvalue weighted by Gasteiger charge is -2.00. The Morgan fingerprint density at radius 3 is 3.13 bits per heavy atom. The Morgan fingerprint density at radius 1 is 1.60 bits per heavy atom. The molecule has 0 saturated carbocycles. The summed E-state index contributed by atoms with van der Waals surface area (Å²) in [5.74, 6) is 0.0512. The van der Waals surface area contributed by atoms with E-state index in [2.05, 4.69) is 9.68 Å². The fourth-order valence-electron chi connectivity index (χ4n) is 1.28. The summed E-state index contributed by atoms with van der Waals surface area (Å²) >= 11 is 1.49. The van der Waals surface area contributed by atoms with Gasteiger partial charge in [-0.3, -0.25) is 9.09 Å². The number of aliphatic hydroxyl groups excluding tert-OH is 1. The maximum Gasteiger partial charge on any atom is 0.441 e. The molecule has 15 heavy (non-hydrogen) atoms. The molecule has 0 aromatic carbocycles. The fourth-order valence-corrected chi connectivity index (χ4v) is 1.99. The molecule has 6 heteroatoms. The maximum atomic E-state index is 11.3. The number of thiophene rings is 1. The molecule has 1 N–H and O–H groups in total. The highest BCUT2D eigenvalue weighted by Crippen LogP contribution is 2.21. The molecule has 0 spiro atoms. The van der Waals surface area contributed by atoms with Crippen molar-refractivity contribution in [3.8, 4) is 10.7 Å². The Kier molecular flexibility index (Phi) is 2.98. The highest BCUT2D eigenvalue weighted by molar-refractivity contribution is 7.13. The van der Waals surface area contributed by atoms with Gasteiger partial charge in [-0.2, -0.15) is 0 Å². The maximum absolute atomic E-state index is 11.3. The van der Waals surface area contributed by atoms with Gasteiger partial charge in [-0.15, -0.1) is 11.3 Å². The molecule has 0 amide bonds. The van der Waals surface area contributed by atoms with Gasteiger partial charge >= 0.3 is 5.76 Å². The van der Waals surface area contributed by atoms with E-state index in [4.69, 9.17) is 5.11 Å². The van der Waals surface area contributed by atoms with Crippen LogP contribution in [-0.4, -0.2) is 21.4 Å². The van der Waals surface area contributed by atoms with Crippen LogP contribution in [0.1, 0.15) is 6.42 Å². The van der Waals surface area contributed by atoms with Crippen LogP contribution in [0, 0.1) is 0 Å². The number of aromatic nitrogens is 2. The molecule has 0 aliphatic heterocycles. The van der Waals surface area contributed by atoms with Crippen molar-refractivity contribution in [3.05, 3.63) is 28.1 Å². The largest absolute Gasteiger partial charge is 0.441 e. The SMILES string of the molecule is O=c1onc(-c2cccs2)n1CCCO. The van der Waals surface area contributed by atoms with Crippen LogP contribution in [0.25, 0.3) is 10.7 Å². The van der Waals surface area contributed by atoms with Crippen molar-refractivity contribution >= 4 is 11.3 Å². The van der Waals surface area contributed by atoms with E-state index in [1.807, 2.05) is 17.5 Å². The summed E-state index contributed by atoms with van der Waals surface area (Å²) in [7, 11) is 0. The zero-order valence-corrected chi connectivity index (χ0v) is 8.74. The summed E-state index contributed by atoms with van der Waals surface area (Å²) in [6, 6.07) is 3.76. The van der Waals surface area contributed by atoms with Crippen LogP contribution in [-0.2, 0) is 6.54 Å². The van der Waals surface area contributed by atoms with E-state index >= 15 is 0 Å². The second kappa shape index (κ2) is 4.41. The molecule has 2 aromatic rings. The quantitative estimate of drug-likeness (QED) is 0.842. The minimum absolute atomic E-state index is 0.0432. The number of rotatable bonds is 4. The topological polar surface area (TPSA) is 68.3 Å². The number of nitrogens with zero attached hydrogens (tertiary/aromatic N) is 2. The molecule has 0 saturated heterocycles. The van der Waals surface area contributed by atoms with Gasteiger partial charge in [0.15, 0.2) is 5.82 Å². The Morgan fingerprint density at radius 2 is 2.47 bits per heavy atom.